The topological polar surface area (TPSA) is 71.6 Å². The second kappa shape index (κ2) is 11.2. The lowest BCUT2D eigenvalue weighted by molar-refractivity contribution is 0.00551. The van der Waals surface area contributed by atoms with E-state index in [-0.39, 0.29) is 17.1 Å². The van der Waals surface area contributed by atoms with Crippen molar-refractivity contribution in [2.45, 2.75) is 141 Å². The summed E-state index contributed by atoms with van der Waals surface area (Å²) in [6, 6.07) is 0.945. The Kier molecular flexibility index (Phi) is 8.98. The van der Waals surface area contributed by atoms with Gasteiger partial charge in [0, 0.05) is 36.6 Å². The van der Waals surface area contributed by atoms with Gasteiger partial charge in [-0.1, -0.05) is 32.7 Å². The van der Waals surface area contributed by atoms with E-state index in [1.807, 2.05) is 18.9 Å². The highest BCUT2D eigenvalue weighted by Gasteiger charge is 2.47. The molecule has 4 heterocycles. The third-order valence-electron chi connectivity index (χ3n) is 8.95. The number of rotatable bonds is 2. The Morgan fingerprint density at radius 2 is 1.82 bits per heavy atom. The van der Waals surface area contributed by atoms with Gasteiger partial charge in [0.15, 0.2) is 0 Å². The zero-order chi connectivity index (χ0) is 24.5. The average Bonchev–Trinajstić information content (AvgIpc) is 3.05. The molecule has 0 spiro atoms. The Morgan fingerprint density at radius 1 is 1.03 bits per heavy atom. The molecule has 4 fully saturated rings. The van der Waals surface area contributed by atoms with E-state index in [1.165, 1.54) is 51.5 Å². The number of aliphatic hydroxyl groups is 1. The summed E-state index contributed by atoms with van der Waals surface area (Å²) >= 11 is 1.91. The fourth-order valence-electron chi connectivity index (χ4n) is 7.08. The first kappa shape index (κ1) is 27.2. The first-order valence-electron chi connectivity index (χ1n) is 14.1. The van der Waals surface area contributed by atoms with E-state index in [2.05, 4.69) is 60.2 Å². The molecule has 198 valence electrons. The lowest BCUT2D eigenvalue weighted by Gasteiger charge is -2.50. The highest BCUT2D eigenvalue weighted by atomic mass is 32.2. The summed E-state index contributed by atoms with van der Waals surface area (Å²) in [4.78, 5) is 2.83. The number of aliphatic hydroxyl groups excluding tert-OH is 1. The maximum Gasteiger partial charge on any atom is 0.0690 e. The summed E-state index contributed by atoms with van der Waals surface area (Å²) in [7, 11) is 0. The molecule has 4 aliphatic rings. The fourth-order valence-corrected chi connectivity index (χ4v) is 8.11. The monoisotopic (exact) mass is 495 g/mol. The highest BCUT2D eigenvalue weighted by Crippen LogP contribution is 2.41. The maximum absolute atomic E-state index is 10.2. The van der Waals surface area contributed by atoms with Crippen molar-refractivity contribution >= 4 is 11.9 Å². The first-order chi connectivity index (χ1) is 16.0. The number of hydrogen-bond acceptors (Lipinski definition) is 7. The predicted octanol–water partition coefficient (Wildman–Crippen LogP) is 4.01. The number of piperidine rings is 2. The summed E-state index contributed by atoms with van der Waals surface area (Å²) in [5, 5.41) is 22.6. The first-order valence-corrected chi connectivity index (χ1v) is 15.0. The minimum atomic E-state index is -0.256. The second-order valence-electron chi connectivity index (χ2n) is 13.5. The van der Waals surface area contributed by atoms with Crippen molar-refractivity contribution in [1.82, 2.24) is 25.6 Å². The number of hydrogen-bond donors (Lipinski definition) is 5. The standard InChI is InChI=1S/C27H53N5OS/c1-18(33)14-21-12-10-19-15-27(5,6)32(17-19)25-20(11-13-22(30-25)26(2,3)4)16-28-34-24-9-7-8-23(29-21)31-24/h18-25,28-31,33H,7-17H2,1-6H3/t18?,19-,20?,21?,22?,23?,24?,25?/m0/s1. The van der Waals surface area contributed by atoms with E-state index < -0.39 is 0 Å². The normalized spacial score (nSPS) is 42.8. The molecule has 34 heavy (non-hydrogen) atoms. The fraction of sp³-hybridized carbons (Fsp3) is 1.00. The molecule has 0 aliphatic carbocycles. The van der Waals surface area contributed by atoms with Crippen molar-refractivity contribution in [3.63, 3.8) is 0 Å². The molecule has 4 bridgehead atoms. The van der Waals surface area contributed by atoms with E-state index in [4.69, 9.17) is 0 Å². The number of fused-ring (bicyclic) bond motifs is 6. The van der Waals surface area contributed by atoms with Crippen molar-refractivity contribution in [2.75, 3.05) is 13.1 Å². The quantitative estimate of drug-likeness (QED) is 0.371. The molecule has 4 aliphatic heterocycles. The van der Waals surface area contributed by atoms with Crippen LogP contribution in [0.4, 0.5) is 0 Å². The van der Waals surface area contributed by atoms with Crippen LogP contribution in [0.25, 0.3) is 0 Å². The van der Waals surface area contributed by atoms with E-state index in [9.17, 15) is 5.11 Å². The van der Waals surface area contributed by atoms with Crippen LogP contribution in [0.5, 0.6) is 0 Å². The largest absolute Gasteiger partial charge is 0.393 e. The molecule has 0 saturated carbocycles. The van der Waals surface area contributed by atoms with Crippen LogP contribution in [0.15, 0.2) is 0 Å². The summed E-state index contributed by atoms with van der Waals surface area (Å²) in [5.74, 6) is 1.36. The molecular weight excluding hydrogens is 442 g/mol. The van der Waals surface area contributed by atoms with Gasteiger partial charge in [0.05, 0.1) is 23.8 Å². The zero-order valence-electron chi connectivity index (χ0n) is 22.7. The maximum atomic E-state index is 10.2. The molecule has 0 amide bonds. The molecule has 0 aromatic carbocycles. The summed E-state index contributed by atoms with van der Waals surface area (Å²) in [6.07, 6.45) is 11.3. The smallest absolute Gasteiger partial charge is 0.0690 e. The molecule has 6 nitrogen and oxygen atoms in total. The molecular formula is C27H53N5OS. The van der Waals surface area contributed by atoms with Gasteiger partial charge in [0.25, 0.3) is 0 Å². The summed E-state index contributed by atoms with van der Waals surface area (Å²) in [6.45, 7) is 16.3. The molecule has 7 heteroatoms. The molecule has 0 aromatic rings. The second-order valence-corrected chi connectivity index (χ2v) is 14.6. The highest BCUT2D eigenvalue weighted by molar-refractivity contribution is 7.98. The van der Waals surface area contributed by atoms with Crippen LogP contribution in [-0.4, -0.2) is 64.5 Å². The van der Waals surface area contributed by atoms with Crippen LogP contribution in [-0.2, 0) is 0 Å². The number of nitrogens with zero attached hydrogens (tertiary/aromatic N) is 1. The van der Waals surface area contributed by atoms with Crippen molar-refractivity contribution in [3.05, 3.63) is 0 Å². The van der Waals surface area contributed by atoms with Crippen molar-refractivity contribution in [1.29, 1.82) is 0 Å². The SMILES string of the molecule is CC(O)CC1CC[C@@H]2CN(C3NC(C(C)(C)C)CCC3CNSC3CCCC(N1)N3)C(C)(C)C2. The molecule has 0 aromatic heterocycles. The van der Waals surface area contributed by atoms with Crippen LogP contribution < -0.4 is 20.7 Å². The van der Waals surface area contributed by atoms with Gasteiger partial charge in [-0.15, -0.1) is 0 Å². The average molecular weight is 496 g/mol. The summed E-state index contributed by atoms with van der Waals surface area (Å²) in [5.41, 5.74) is 0.504. The molecule has 9 atom stereocenters. The van der Waals surface area contributed by atoms with E-state index in [0.29, 0.717) is 35.7 Å². The van der Waals surface area contributed by atoms with Gasteiger partial charge in [0.1, 0.15) is 0 Å². The van der Waals surface area contributed by atoms with Crippen LogP contribution in [0.3, 0.4) is 0 Å². The Balaban J connectivity index is 1.54. The Labute approximate surface area is 213 Å². The molecule has 0 radical (unpaired) electrons. The van der Waals surface area contributed by atoms with E-state index in [1.54, 1.807) is 0 Å². The summed E-state index contributed by atoms with van der Waals surface area (Å²) < 4.78 is 3.81. The minimum absolute atomic E-state index is 0.218. The molecule has 5 N–H and O–H groups in total. The van der Waals surface area contributed by atoms with E-state index >= 15 is 0 Å². The third-order valence-corrected chi connectivity index (χ3v) is 9.94. The Hall–Kier alpha value is 0.110. The van der Waals surface area contributed by atoms with Gasteiger partial charge in [-0.25, -0.2) is 0 Å². The Morgan fingerprint density at radius 3 is 2.56 bits per heavy atom. The van der Waals surface area contributed by atoms with Gasteiger partial charge >= 0.3 is 0 Å². The van der Waals surface area contributed by atoms with Crippen LogP contribution in [0.1, 0.15) is 99.3 Å². The number of nitrogens with one attached hydrogen (secondary N) is 4. The van der Waals surface area contributed by atoms with Gasteiger partial charge in [-0.3, -0.25) is 25.6 Å². The lowest BCUT2D eigenvalue weighted by Crippen LogP contribution is -2.63. The minimum Gasteiger partial charge on any atom is -0.393 e. The molecule has 8 unspecified atom stereocenters. The molecule has 4 saturated heterocycles. The zero-order valence-corrected chi connectivity index (χ0v) is 23.5. The van der Waals surface area contributed by atoms with Gasteiger partial charge < -0.3 is 5.11 Å². The lowest BCUT2D eigenvalue weighted by atomic mass is 9.78. The Bertz CT molecular complexity index is 653. The van der Waals surface area contributed by atoms with Crippen LogP contribution >= 0.6 is 11.9 Å². The van der Waals surface area contributed by atoms with Crippen LogP contribution in [0.2, 0.25) is 0 Å². The van der Waals surface area contributed by atoms with E-state index in [0.717, 1.165) is 25.3 Å². The van der Waals surface area contributed by atoms with Crippen molar-refractivity contribution in [3.8, 4) is 0 Å². The van der Waals surface area contributed by atoms with Gasteiger partial charge in [0.2, 0.25) is 0 Å². The molecule has 4 rings (SSSR count). The van der Waals surface area contributed by atoms with Gasteiger partial charge in [-0.2, -0.15) is 0 Å². The van der Waals surface area contributed by atoms with Crippen molar-refractivity contribution in [2.24, 2.45) is 17.3 Å². The van der Waals surface area contributed by atoms with Gasteiger partial charge in [-0.05, 0) is 89.9 Å². The predicted molar refractivity (Wildman–Crippen MR) is 144 cm³/mol. The van der Waals surface area contributed by atoms with Crippen LogP contribution in [0, 0.1) is 17.3 Å². The van der Waals surface area contributed by atoms with Crippen molar-refractivity contribution < 1.29 is 5.11 Å². The third kappa shape index (κ3) is 6.90.